The molecule has 0 amide bonds. The quantitative estimate of drug-likeness (QED) is 0.188. The monoisotopic (exact) mass is 364 g/mol. The summed E-state index contributed by atoms with van der Waals surface area (Å²) in [5, 5.41) is 6.94. The lowest BCUT2D eigenvalue weighted by Crippen LogP contribution is -2.18. The molecule has 0 radical (unpaired) electrons. The SMILES string of the molecule is CCCCCCCCCCCCCCCCC/C=N\N1CCCCCC1. The Bertz CT molecular complexity index is 293. The third kappa shape index (κ3) is 15.7. The van der Waals surface area contributed by atoms with Crippen LogP contribution in [0.1, 0.15) is 135 Å². The van der Waals surface area contributed by atoms with Gasteiger partial charge in [-0.3, -0.25) is 5.01 Å². The van der Waals surface area contributed by atoms with Gasteiger partial charge in [0.15, 0.2) is 0 Å². The smallest absolute Gasteiger partial charge is 0.0360 e. The van der Waals surface area contributed by atoms with E-state index >= 15 is 0 Å². The largest absolute Gasteiger partial charge is 0.297 e. The highest BCUT2D eigenvalue weighted by molar-refractivity contribution is 5.56. The van der Waals surface area contributed by atoms with Crippen LogP contribution in [0.15, 0.2) is 5.10 Å². The molecule has 1 fully saturated rings. The van der Waals surface area contributed by atoms with Crippen molar-refractivity contribution in [3.05, 3.63) is 0 Å². The van der Waals surface area contributed by atoms with Crippen LogP contribution >= 0.6 is 0 Å². The van der Waals surface area contributed by atoms with Crippen LogP contribution in [0.4, 0.5) is 0 Å². The molecule has 0 spiro atoms. The van der Waals surface area contributed by atoms with Crippen LogP contribution in [0.5, 0.6) is 0 Å². The van der Waals surface area contributed by atoms with Crippen LogP contribution in [-0.4, -0.2) is 24.3 Å². The van der Waals surface area contributed by atoms with Crippen molar-refractivity contribution in [2.45, 2.75) is 135 Å². The van der Waals surface area contributed by atoms with Crippen molar-refractivity contribution in [2.24, 2.45) is 5.10 Å². The standard InChI is InChI=1S/C24H48N2/c1-2-3-4-5-6-7-8-9-10-11-12-13-14-15-16-19-22-25-26-23-20-17-18-21-24-26/h22H,2-21,23-24H2,1H3/b25-22-. The van der Waals surface area contributed by atoms with Crippen LogP contribution in [0, 0.1) is 0 Å². The van der Waals surface area contributed by atoms with E-state index in [2.05, 4.69) is 23.2 Å². The number of hydrogen-bond acceptors (Lipinski definition) is 2. The molecule has 1 aliphatic rings. The van der Waals surface area contributed by atoms with E-state index in [0.717, 1.165) is 0 Å². The summed E-state index contributed by atoms with van der Waals surface area (Å²) in [5.41, 5.74) is 0. The van der Waals surface area contributed by atoms with Crippen LogP contribution in [-0.2, 0) is 0 Å². The molecule has 0 aromatic heterocycles. The van der Waals surface area contributed by atoms with Crippen molar-refractivity contribution in [2.75, 3.05) is 13.1 Å². The van der Waals surface area contributed by atoms with E-state index in [1.165, 1.54) is 142 Å². The lowest BCUT2D eigenvalue weighted by molar-refractivity contribution is 0.301. The zero-order chi connectivity index (χ0) is 18.5. The summed E-state index contributed by atoms with van der Waals surface area (Å²) in [4.78, 5) is 0. The van der Waals surface area contributed by atoms with Crippen LogP contribution in [0.25, 0.3) is 0 Å². The molecule has 2 heteroatoms. The van der Waals surface area contributed by atoms with E-state index in [0.29, 0.717) is 0 Å². The molecule has 154 valence electrons. The van der Waals surface area contributed by atoms with E-state index in [4.69, 9.17) is 0 Å². The molecule has 0 unspecified atom stereocenters. The van der Waals surface area contributed by atoms with Crippen LogP contribution in [0.2, 0.25) is 0 Å². The number of hydrazone groups is 1. The molecule has 26 heavy (non-hydrogen) atoms. The lowest BCUT2D eigenvalue weighted by Gasteiger charge is -2.15. The molecule has 0 aliphatic carbocycles. The number of unbranched alkanes of at least 4 members (excludes halogenated alkanes) is 15. The van der Waals surface area contributed by atoms with Gasteiger partial charge in [-0.15, -0.1) is 0 Å². The Balaban J connectivity index is 1.73. The van der Waals surface area contributed by atoms with E-state index in [-0.39, 0.29) is 0 Å². The average Bonchev–Trinajstić information content (AvgIpc) is 2.93. The Kier molecular flexibility index (Phi) is 17.4. The fourth-order valence-electron chi connectivity index (χ4n) is 3.95. The topological polar surface area (TPSA) is 15.6 Å². The second kappa shape index (κ2) is 19.2. The molecule has 0 aromatic rings. The number of rotatable bonds is 17. The van der Waals surface area contributed by atoms with Gasteiger partial charge in [0, 0.05) is 19.3 Å². The van der Waals surface area contributed by atoms with Gasteiger partial charge in [0.2, 0.25) is 0 Å². The zero-order valence-electron chi connectivity index (χ0n) is 18.0. The van der Waals surface area contributed by atoms with Gasteiger partial charge in [-0.1, -0.05) is 110 Å². The van der Waals surface area contributed by atoms with E-state index < -0.39 is 0 Å². The highest BCUT2D eigenvalue weighted by atomic mass is 15.4. The Labute approximate surface area is 165 Å². The van der Waals surface area contributed by atoms with Crippen molar-refractivity contribution in [3.63, 3.8) is 0 Å². The first-order valence-electron chi connectivity index (χ1n) is 12.2. The van der Waals surface area contributed by atoms with E-state index in [9.17, 15) is 0 Å². The van der Waals surface area contributed by atoms with Crippen molar-refractivity contribution < 1.29 is 0 Å². The third-order valence-corrected chi connectivity index (χ3v) is 5.76. The maximum atomic E-state index is 4.65. The van der Waals surface area contributed by atoms with Gasteiger partial charge in [0.05, 0.1) is 0 Å². The molecule has 0 saturated carbocycles. The highest BCUT2D eigenvalue weighted by Gasteiger charge is 2.04. The maximum absolute atomic E-state index is 4.65. The summed E-state index contributed by atoms with van der Waals surface area (Å²) in [6, 6.07) is 0. The summed E-state index contributed by atoms with van der Waals surface area (Å²) in [6.07, 6.45) is 30.4. The predicted molar refractivity (Wildman–Crippen MR) is 118 cm³/mol. The summed E-state index contributed by atoms with van der Waals surface area (Å²) >= 11 is 0. The summed E-state index contributed by atoms with van der Waals surface area (Å²) < 4.78 is 0. The highest BCUT2D eigenvalue weighted by Crippen LogP contribution is 2.14. The van der Waals surface area contributed by atoms with Gasteiger partial charge >= 0.3 is 0 Å². The van der Waals surface area contributed by atoms with Crippen molar-refractivity contribution in [3.8, 4) is 0 Å². The molecule has 1 rings (SSSR count). The minimum absolute atomic E-state index is 1.18. The molecule has 0 N–H and O–H groups in total. The molecule has 0 atom stereocenters. The minimum atomic E-state index is 1.18. The predicted octanol–water partition coefficient (Wildman–Crippen LogP) is 8.11. The molecule has 0 aromatic carbocycles. The molecule has 1 aliphatic heterocycles. The zero-order valence-corrected chi connectivity index (χ0v) is 18.0. The summed E-state index contributed by atoms with van der Waals surface area (Å²) in [6.45, 7) is 4.65. The van der Waals surface area contributed by atoms with Gasteiger partial charge < -0.3 is 0 Å². The number of nitrogens with zero attached hydrogens (tertiary/aromatic N) is 2. The third-order valence-electron chi connectivity index (χ3n) is 5.76. The van der Waals surface area contributed by atoms with Crippen molar-refractivity contribution in [1.29, 1.82) is 0 Å². The molecular formula is C24H48N2. The van der Waals surface area contributed by atoms with Crippen LogP contribution in [0.3, 0.4) is 0 Å². The maximum Gasteiger partial charge on any atom is 0.0360 e. The summed E-state index contributed by atoms with van der Waals surface area (Å²) in [7, 11) is 0. The van der Waals surface area contributed by atoms with Gasteiger partial charge in [-0.25, -0.2) is 0 Å². The Morgan fingerprint density at radius 1 is 0.577 bits per heavy atom. The second-order valence-corrected chi connectivity index (χ2v) is 8.40. The lowest BCUT2D eigenvalue weighted by atomic mass is 10.0. The Morgan fingerprint density at radius 2 is 1.00 bits per heavy atom. The first kappa shape index (κ1) is 23.5. The molecule has 0 bridgehead atoms. The Hall–Kier alpha value is -0.530. The normalized spacial score (nSPS) is 15.7. The van der Waals surface area contributed by atoms with Gasteiger partial charge in [-0.05, 0) is 25.7 Å². The van der Waals surface area contributed by atoms with Crippen molar-refractivity contribution >= 4 is 6.21 Å². The fourth-order valence-corrected chi connectivity index (χ4v) is 3.95. The minimum Gasteiger partial charge on any atom is -0.297 e. The number of hydrogen-bond donors (Lipinski definition) is 0. The van der Waals surface area contributed by atoms with Gasteiger partial charge in [0.1, 0.15) is 0 Å². The fraction of sp³-hybridized carbons (Fsp3) is 0.958. The Morgan fingerprint density at radius 3 is 1.46 bits per heavy atom. The first-order chi connectivity index (χ1) is 12.9. The summed E-state index contributed by atoms with van der Waals surface area (Å²) in [5.74, 6) is 0. The van der Waals surface area contributed by atoms with Crippen LogP contribution < -0.4 is 0 Å². The van der Waals surface area contributed by atoms with Crippen molar-refractivity contribution in [1.82, 2.24) is 5.01 Å². The average molecular weight is 365 g/mol. The molecule has 1 saturated heterocycles. The van der Waals surface area contributed by atoms with E-state index in [1.54, 1.807) is 0 Å². The molecule has 1 heterocycles. The molecular weight excluding hydrogens is 316 g/mol. The van der Waals surface area contributed by atoms with Gasteiger partial charge in [0.25, 0.3) is 0 Å². The van der Waals surface area contributed by atoms with E-state index in [1.807, 2.05) is 0 Å². The first-order valence-corrected chi connectivity index (χ1v) is 12.2. The second-order valence-electron chi connectivity index (χ2n) is 8.40. The van der Waals surface area contributed by atoms with Gasteiger partial charge in [-0.2, -0.15) is 5.10 Å². The molecule has 2 nitrogen and oxygen atoms in total.